The van der Waals surface area contributed by atoms with Gasteiger partial charge in [0, 0.05) is 17.5 Å². The van der Waals surface area contributed by atoms with Gasteiger partial charge in [-0.15, -0.1) is 11.3 Å². The summed E-state index contributed by atoms with van der Waals surface area (Å²) < 4.78 is 16.2. The van der Waals surface area contributed by atoms with Crippen LogP contribution in [0.1, 0.15) is 33.4 Å². The average Bonchev–Trinajstić information content (AvgIpc) is 3.38. The molecule has 2 amide bonds. The number of carbonyl (C=O) groups excluding carboxylic acids is 2. The molecule has 2 aliphatic rings. The largest absolute Gasteiger partial charge is 0.484 e. The van der Waals surface area contributed by atoms with Gasteiger partial charge in [0.2, 0.25) is 6.79 Å². The molecule has 2 aliphatic heterocycles. The molecule has 1 saturated heterocycles. The predicted octanol–water partition coefficient (Wildman–Crippen LogP) is 2.32. The Balaban J connectivity index is 1.41. The van der Waals surface area contributed by atoms with E-state index in [9.17, 15) is 9.59 Å². The van der Waals surface area contributed by atoms with E-state index >= 15 is 0 Å². The number of primary amides is 1. The highest BCUT2D eigenvalue weighted by Gasteiger charge is 2.31. The van der Waals surface area contributed by atoms with E-state index in [2.05, 4.69) is 0 Å². The van der Waals surface area contributed by atoms with Crippen LogP contribution in [0.4, 0.5) is 0 Å². The summed E-state index contributed by atoms with van der Waals surface area (Å²) in [6.45, 7) is 0.823. The predicted molar refractivity (Wildman–Crippen MR) is 94.6 cm³/mol. The summed E-state index contributed by atoms with van der Waals surface area (Å²) in [5.41, 5.74) is 5.32. The molecule has 136 valence electrons. The van der Waals surface area contributed by atoms with Crippen LogP contribution in [0, 0.1) is 0 Å². The summed E-state index contributed by atoms with van der Waals surface area (Å²) >= 11 is 1.35. The smallest absolute Gasteiger partial charge is 0.261 e. The minimum atomic E-state index is -0.441. The zero-order chi connectivity index (χ0) is 18.1. The molecule has 0 aliphatic carbocycles. The number of fused-ring (bicyclic) bond motifs is 1. The van der Waals surface area contributed by atoms with Crippen molar-refractivity contribution in [3.05, 3.63) is 40.1 Å². The maximum Gasteiger partial charge on any atom is 0.261 e. The summed E-state index contributed by atoms with van der Waals surface area (Å²) in [6.07, 6.45) is 1.79. The first-order valence-corrected chi connectivity index (χ1v) is 9.15. The monoisotopic (exact) mass is 374 g/mol. The van der Waals surface area contributed by atoms with Gasteiger partial charge in [-0.1, -0.05) is 0 Å². The third kappa shape index (κ3) is 3.20. The molecule has 1 fully saturated rings. The minimum absolute atomic E-state index is 0.0269. The quantitative estimate of drug-likeness (QED) is 0.867. The Kier molecular flexibility index (Phi) is 4.42. The van der Waals surface area contributed by atoms with E-state index in [1.807, 2.05) is 11.0 Å². The number of benzene rings is 1. The van der Waals surface area contributed by atoms with Crippen LogP contribution in [0.2, 0.25) is 0 Å². The fourth-order valence-electron chi connectivity index (χ4n) is 3.22. The second kappa shape index (κ2) is 6.87. The zero-order valence-electron chi connectivity index (χ0n) is 14.0. The summed E-state index contributed by atoms with van der Waals surface area (Å²) in [4.78, 5) is 27.2. The summed E-state index contributed by atoms with van der Waals surface area (Å²) in [5, 5.41) is 0. The Bertz CT molecular complexity index is 850. The number of hydrogen-bond acceptors (Lipinski definition) is 6. The number of nitrogens with two attached hydrogens (primary N) is 1. The lowest BCUT2D eigenvalue weighted by Gasteiger charge is -2.24. The standard InChI is InChI=1S/C18H18N2O5S/c19-18(22)16-6-5-15(26-16)12-2-1-7-20(12)17(21)9-23-11-3-4-13-14(8-11)25-10-24-13/h3-6,8,12H,1-2,7,9-10H2,(H2,19,22). The van der Waals surface area contributed by atoms with Crippen LogP contribution in [0.25, 0.3) is 0 Å². The molecule has 0 spiro atoms. The molecule has 2 aromatic rings. The number of thiophene rings is 1. The highest BCUT2D eigenvalue weighted by Crippen LogP contribution is 2.37. The number of amides is 2. The van der Waals surface area contributed by atoms with Gasteiger partial charge in [0.25, 0.3) is 11.8 Å². The molecule has 4 rings (SSSR count). The number of likely N-dealkylation sites (tertiary alicyclic amines) is 1. The molecular weight excluding hydrogens is 356 g/mol. The molecule has 1 unspecified atom stereocenters. The third-order valence-corrected chi connectivity index (χ3v) is 5.68. The highest BCUT2D eigenvalue weighted by atomic mass is 32.1. The van der Waals surface area contributed by atoms with Crippen LogP contribution in [-0.2, 0) is 4.79 Å². The van der Waals surface area contributed by atoms with Crippen LogP contribution in [-0.4, -0.2) is 36.7 Å². The molecule has 0 saturated carbocycles. The normalized spacial score (nSPS) is 18.2. The number of nitrogens with zero attached hydrogens (tertiary/aromatic N) is 1. The molecule has 1 aromatic carbocycles. The molecule has 0 bridgehead atoms. The van der Waals surface area contributed by atoms with Crippen LogP contribution >= 0.6 is 11.3 Å². The first kappa shape index (κ1) is 16.7. The summed E-state index contributed by atoms with van der Waals surface area (Å²) in [6, 6.07) is 8.79. The van der Waals surface area contributed by atoms with Crippen molar-refractivity contribution in [3.63, 3.8) is 0 Å². The van der Waals surface area contributed by atoms with Gasteiger partial charge in [0.15, 0.2) is 18.1 Å². The zero-order valence-corrected chi connectivity index (χ0v) is 14.8. The lowest BCUT2D eigenvalue weighted by atomic mass is 10.2. The van der Waals surface area contributed by atoms with E-state index in [0.29, 0.717) is 28.7 Å². The van der Waals surface area contributed by atoms with Gasteiger partial charge < -0.3 is 24.8 Å². The van der Waals surface area contributed by atoms with Gasteiger partial charge in [-0.2, -0.15) is 0 Å². The molecule has 7 nitrogen and oxygen atoms in total. The fraction of sp³-hybridized carbons (Fsp3) is 0.333. The Hall–Kier alpha value is -2.74. The highest BCUT2D eigenvalue weighted by molar-refractivity contribution is 7.14. The number of ether oxygens (including phenoxy) is 3. The summed E-state index contributed by atoms with van der Waals surface area (Å²) in [7, 11) is 0. The average molecular weight is 374 g/mol. The molecule has 2 N–H and O–H groups in total. The van der Waals surface area contributed by atoms with E-state index in [4.69, 9.17) is 19.9 Å². The topological polar surface area (TPSA) is 91.1 Å². The van der Waals surface area contributed by atoms with E-state index < -0.39 is 5.91 Å². The lowest BCUT2D eigenvalue weighted by Crippen LogP contribution is -2.34. The number of carbonyl (C=O) groups is 2. The van der Waals surface area contributed by atoms with Gasteiger partial charge in [0.05, 0.1) is 10.9 Å². The van der Waals surface area contributed by atoms with E-state index in [1.54, 1.807) is 24.3 Å². The molecule has 0 radical (unpaired) electrons. The van der Waals surface area contributed by atoms with Crippen molar-refractivity contribution in [2.24, 2.45) is 5.73 Å². The summed E-state index contributed by atoms with van der Waals surface area (Å²) in [5.74, 6) is 1.32. The Labute approximate surface area is 154 Å². The van der Waals surface area contributed by atoms with Gasteiger partial charge in [-0.25, -0.2) is 0 Å². The van der Waals surface area contributed by atoms with Gasteiger partial charge in [0.1, 0.15) is 5.75 Å². The van der Waals surface area contributed by atoms with Crippen LogP contribution in [0.3, 0.4) is 0 Å². The van der Waals surface area contributed by atoms with E-state index in [-0.39, 0.29) is 25.3 Å². The Morgan fingerprint density at radius 2 is 2.08 bits per heavy atom. The Morgan fingerprint density at radius 1 is 1.23 bits per heavy atom. The second-order valence-electron chi connectivity index (χ2n) is 6.12. The molecule has 8 heteroatoms. The number of rotatable bonds is 5. The van der Waals surface area contributed by atoms with Gasteiger partial charge in [-0.3, -0.25) is 9.59 Å². The molecular formula is C18H18N2O5S. The first-order valence-electron chi connectivity index (χ1n) is 8.33. The fourth-order valence-corrected chi connectivity index (χ4v) is 4.23. The van der Waals surface area contributed by atoms with E-state index in [0.717, 1.165) is 17.7 Å². The van der Waals surface area contributed by atoms with Crippen molar-refractivity contribution in [1.82, 2.24) is 4.90 Å². The third-order valence-electron chi connectivity index (χ3n) is 4.48. The maximum atomic E-state index is 12.6. The van der Waals surface area contributed by atoms with E-state index in [1.165, 1.54) is 11.3 Å². The van der Waals surface area contributed by atoms with Crippen molar-refractivity contribution < 1.29 is 23.8 Å². The maximum absolute atomic E-state index is 12.6. The van der Waals surface area contributed by atoms with Crippen LogP contribution in [0.15, 0.2) is 30.3 Å². The van der Waals surface area contributed by atoms with Crippen molar-refractivity contribution >= 4 is 23.2 Å². The van der Waals surface area contributed by atoms with Gasteiger partial charge >= 0.3 is 0 Å². The number of hydrogen-bond donors (Lipinski definition) is 1. The lowest BCUT2D eigenvalue weighted by molar-refractivity contribution is -0.134. The molecule has 1 aromatic heterocycles. The second-order valence-corrected chi connectivity index (χ2v) is 7.23. The molecule has 1 atom stereocenters. The van der Waals surface area contributed by atoms with Gasteiger partial charge in [-0.05, 0) is 37.1 Å². The van der Waals surface area contributed by atoms with Crippen molar-refractivity contribution in [2.45, 2.75) is 18.9 Å². The van der Waals surface area contributed by atoms with Crippen LogP contribution in [0.5, 0.6) is 17.2 Å². The van der Waals surface area contributed by atoms with Crippen LogP contribution < -0.4 is 19.9 Å². The first-order chi connectivity index (χ1) is 12.6. The SMILES string of the molecule is NC(=O)c1ccc(C2CCCN2C(=O)COc2ccc3c(c2)OCO3)s1. The minimum Gasteiger partial charge on any atom is -0.484 e. The van der Waals surface area contributed by atoms with Crippen molar-refractivity contribution in [2.75, 3.05) is 19.9 Å². The molecule has 26 heavy (non-hydrogen) atoms. The Morgan fingerprint density at radius 3 is 2.88 bits per heavy atom. The molecule has 3 heterocycles. The van der Waals surface area contributed by atoms with Crippen molar-refractivity contribution in [3.8, 4) is 17.2 Å². The van der Waals surface area contributed by atoms with Crippen molar-refractivity contribution in [1.29, 1.82) is 0 Å².